The van der Waals surface area contributed by atoms with E-state index < -0.39 is 11.4 Å². The number of hydrogen-bond acceptors (Lipinski definition) is 6. The summed E-state index contributed by atoms with van der Waals surface area (Å²) in [6.07, 6.45) is 0.521. The number of anilines is 1. The van der Waals surface area contributed by atoms with Gasteiger partial charge < -0.3 is 14.7 Å². The summed E-state index contributed by atoms with van der Waals surface area (Å²) in [6.45, 7) is 3.93. The highest BCUT2D eigenvalue weighted by Crippen LogP contribution is 2.35. The van der Waals surface area contributed by atoms with Crippen LogP contribution >= 0.6 is 0 Å². The number of nitrogens with one attached hydrogen (secondary N) is 1. The van der Waals surface area contributed by atoms with Gasteiger partial charge in [-0.15, -0.1) is 0 Å². The zero-order valence-electron chi connectivity index (χ0n) is 13.3. The molecule has 1 atom stereocenters. The lowest BCUT2D eigenvalue weighted by Gasteiger charge is -2.27. The highest BCUT2D eigenvalue weighted by molar-refractivity contribution is 5.74. The summed E-state index contributed by atoms with van der Waals surface area (Å²) in [5.74, 6) is -0.00857. The molecule has 1 aromatic heterocycles. The zero-order valence-corrected chi connectivity index (χ0v) is 13.3. The number of nitrogens with zero attached hydrogens (tertiary/aromatic N) is 4. The monoisotopic (exact) mass is 329 g/mol. The van der Waals surface area contributed by atoms with Gasteiger partial charge in [0.05, 0.1) is 5.69 Å². The Morgan fingerprint density at radius 3 is 2.96 bits per heavy atom. The van der Waals surface area contributed by atoms with Crippen LogP contribution in [0.15, 0.2) is 22.7 Å². The Labute approximate surface area is 138 Å². The molecule has 124 valence electrons. The Morgan fingerprint density at radius 1 is 1.54 bits per heavy atom. The number of carbonyl (C=O) groups excluding carboxylic acids is 1. The maximum absolute atomic E-state index is 13.9. The minimum Gasteiger partial charge on any atom is -0.367 e. The first kappa shape index (κ1) is 15.9. The number of aryl methyl sites for hydroxylation is 1. The van der Waals surface area contributed by atoms with Crippen molar-refractivity contribution in [3.63, 3.8) is 0 Å². The Morgan fingerprint density at radius 2 is 2.33 bits per heavy atom. The molecule has 0 radical (unpaired) electrons. The van der Waals surface area contributed by atoms with E-state index in [1.165, 1.54) is 13.0 Å². The Hall–Kier alpha value is -2.95. The molecule has 0 spiro atoms. The van der Waals surface area contributed by atoms with E-state index in [0.29, 0.717) is 36.9 Å². The summed E-state index contributed by atoms with van der Waals surface area (Å²) < 4.78 is 18.9. The minimum atomic E-state index is -0.831. The van der Waals surface area contributed by atoms with Gasteiger partial charge in [-0.2, -0.15) is 10.2 Å². The Balaban J connectivity index is 1.98. The average molecular weight is 329 g/mol. The number of aromatic nitrogens is 2. The summed E-state index contributed by atoms with van der Waals surface area (Å²) in [5.41, 5.74) is -0.354. The predicted octanol–water partition coefficient (Wildman–Crippen LogP) is 1.63. The predicted molar refractivity (Wildman–Crippen MR) is 82.5 cm³/mol. The molecule has 3 rings (SSSR count). The number of benzene rings is 1. The third kappa shape index (κ3) is 2.69. The van der Waals surface area contributed by atoms with Gasteiger partial charge in [0, 0.05) is 26.9 Å². The molecule has 0 saturated carbocycles. The molecule has 2 heterocycles. The van der Waals surface area contributed by atoms with Crippen molar-refractivity contribution in [1.82, 2.24) is 15.5 Å². The van der Waals surface area contributed by atoms with Crippen LogP contribution in [-0.2, 0) is 10.3 Å². The maximum atomic E-state index is 13.9. The summed E-state index contributed by atoms with van der Waals surface area (Å²) in [5, 5.41) is 16.1. The van der Waals surface area contributed by atoms with E-state index in [1.807, 2.05) is 11.0 Å². The van der Waals surface area contributed by atoms with Gasteiger partial charge in [0.1, 0.15) is 23.0 Å². The third-order valence-corrected chi connectivity index (χ3v) is 4.08. The fourth-order valence-corrected chi connectivity index (χ4v) is 3.07. The van der Waals surface area contributed by atoms with E-state index in [-0.39, 0.29) is 11.5 Å². The van der Waals surface area contributed by atoms with E-state index in [2.05, 4.69) is 15.5 Å². The first-order chi connectivity index (χ1) is 11.4. The van der Waals surface area contributed by atoms with Gasteiger partial charge in [-0.05, 0) is 18.6 Å². The smallest absolute Gasteiger partial charge is 0.223 e. The highest BCUT2D eigenvalue weighted by atomic mass is 19.1. The van der Waals surface area contributed by atoms with Crippen molar-refractivity contribution < 1.29 is 13.7 Å². The van der Waals surface area contributed by atoms with Crippen LogP contribution in [-0.4, -0.2) is 29.1 Å². The van der Waals surface area contributed by atoms with E-state index in [4.69, 9.17) is 4.52 Å². The lowest BCUT2D eigenvalue weighted by Crippen LogP contribution is -2.48. The van der Waals surface area contributed by atoms with Crippen LogP contribution in [0.2, 0.25) is 0 Å². The minimum absolute atomic E-state index is 0.0135. The molecule has 1 saturated heterocycles. The molecular weight excluding hydrogens is 313 g/mol. The molecule has 1 aliphatic rings. The van der Waals surface area contributed by atoms with E-state index in [1.54, 1.807) is 19.1 Å². The van der Waals surface area contributed by atoms with Gasteiger partial charge >= 0.3 is 0 Å². The van der Waals surface area contributed by atoms with Gasteiger partial charge in [0.25, 0.3) is 0 Å². The second kappa shape index (κ2) is 5.92. The quantitative estimate of drug-likeness (QED) is 0.919. The fraction of sp³-hybridized carbons (Fsp3) is 0.375. The van der Waals surface area contributed by atoms with Crippen molar-refractivity contribution in [3.05, 3.63) is 41.3 Å². The van der Waals surface area contributed by atoms with Gasteiger partial charge in [0.2, 0.25) is 11.8 Å². The first-order valence-electron chi connectivity index (χ1n) is 7.48. The molecule has 1 aliphatic heterocycles. The molecular formula is C16H16FN5O2. The summed E-state index contributed by atoms with van der Waals surface area (Å²) >= 11 is 0. The molecule has 1 fully saturated rings. The van der Waals surface area contributed by atoms with Crippen LogP contribution in [0.25, 0.3) is 0 Å². The molecule has 8 heteroatoms. The normalized spacial score (nSPS) is 20.0. The summed E-state index contributed by atoms with van der Waals surface area (Å²) in [6, 6.07) is 6.40. The molecule has 2 aromatic rings. The molecule has 0 aliphatic carbocycles. The average Bonchev–Trinajstić information content (AvgIpc) is 3.14. The molecule has 24 heavy (non-hydrogen) atoms. The van der Waals surface area contributed by atoms with Crippen LogP contribution in [0, 0.1) is 24.1 Å². The van der Waals surface area contributed by atoms with E-state index in [9.17, 15) is 14.4 Å². The van der Waals surface area contributed by atoms with Crippen LogP contribution in [0.3, 0.4) is 0 Å². The van der Waals surface area contributed by atoms with Gasteiger partial charge in [-0.3, -0.25) is 4.79 Å². The van der Waals surface area contributed by atoms with Crippen molar-refractivity contribution in [2.24, 2.45) is 0 Å². The molecule has 1 aromatic carbocycles. The van der Waals surface area contributed by atoms with Crippen molar-refractivity contribution >= 4 is 11.6 Å². The number of carbonyl (C=O) groups is 1. The van der Waals surface area contributed by atoms with Crippen LogP contribution < -0.4 is 10.2 Å². The molecule has 0 bridgehead atoms. The number of amides is 1. The number of nitriles is 1. The van der Waals surface area contributed by atoms with Gasteiger partial charge in [0.15, 0.2) is 5.82 Å². The van der Waals surface area contributed by atoms with Crippen molar-refractivity contribution in [3.8, 4) is 6.07 Å². The standard InChI is InChI=1S/C16H16FN5O2/c1-10(23)20-16(15-19-11(2)24-21-15)6-7-22(9-16)14-5-3-4-13(17)12(14)8-18/h3-5H,6-7,9H2,1-2H3,(H,20,23). The Bertz CT molecular complexity index is 828. The first-order valence-corrected chi connectivity index (χ1v) is 7.48. The summed E-state index contributed by atoms with van der Waals surface area (Å²) in [7, 11) is 0. The van der Waals surface area contributed by atoms with Crippen LogP contribution in [0.4, 0.5) is 10.1 Å². The Kier molecular flexibility index (Phi) is 3.93. The molecule has 7 nitrogen and oxygen atoms in total. The second-order valence-corrected chi connectivity index (χ2v) is 5.82. The number of rotatable bonds is 3. The lowest BCUT2D eigenvalue weighted by molar-refractivity contribution is -0.120. The zero-order chi connectivity index (χ0) is 17.3. The second-order valence-electron chi connectivity index (χ2n) is 5.82. The fourth-order valence-electron chi connectivity index (χ4n) is 3.07. The van der Waals surface area contributed by atoms with Gasteiger partial charge in [-0.1, -0.05) is 11.2 Å². The summed E-state index contributed by atoms with van der Waals surface area (Å²) in [4.78, 5) is 17.8. The highest BCUT2D eigenvalue weighted by Gasteiger charge is 2.44. The number of hydrogen-bond donors (Lipinski definition) is 1. The van der Waals surface area contributed by atoms with Crippen molar-refractivity contribution in [1.29, 1.82) is 5.26 Å². The third-order valence-electron chi connectivity index (χ3n) is 4.08. The topological polar surface area (TPSA) is 95.1 Å². The van der Waals surface area contributed by atoms with Crippen LogP contribution in [0.1, 0.15) is 30.6 Å². The van der Waals surface area contributed by atoms with Crippen LogP contribution in [0.5, 0.6) is 0 Å². The van der Waals surface area contributed by atoms with E-state index in [0.717, 1.165) is 0 Å². The van der Waals surface area contributed by atoms with Crippen molar-refractivity contribution in [2.75, 3.05) is 18.0 Å². The van der Waals surface area contributed by atoms with Crippen molar-refractivity contribution in [2.45, 2.75) is 25.8 Å². The molecule has 1 N–H and O–H groups in total. The SMILES string of the molecule is CC(=O)NC1(c2noc(C)n2)CCN(c2cccc(F)c2C#N)C1. The number of halogens is 1. The maximum Gasteiger partial charge on any atom is 0.223 e. The van der Waals surface area contributed by atoms with E-state index >= 15 is 0 Å². The molecule has 1 amide bonds. The van der Waals surface area contributed by atoms with Gasteiger partial charge in [-0.25, -0.2) is 4.39 Å². The lowest BCUT2D eigenvalue weighted by atomic mass is 9.97. The molecule has 1 unspecified atom stereocenters. The largest absolute Gasteiger partial charge is 0.367 e.